The maximum atomic E-state index is 5.89. The lowest BCUT2D eigenvalue weighted by Gasteiger charge is -2.10. The molecule has 0 spiro atoms. The quantitative estimate of drug-likeness (QED) is 0.806. The average Bonchev–Trinajstić information content (AvgIpc) is 2.83. The zero-order valence-electron chi connectivity index (χ0n) is 9.42. The molecule has 1 aromatic carbocycles. The maximum Gasteiger partial charge on any atom is 0.128 e. The van der Waals surface area contributed by atoms with Crippen LogP contribution in [0, 0.1) is 0 Å². The summed E-state index contributed by atoms with van der Waals surface area (Å²) in [5.74, 6) is 1.06. The number of H-pyrrole nitrogens is 1. The third kappa shape index (κ3) is 1.32. The van der Waals surface area contributed by atoms with Crippen LogP contribution >= 0.6 is 0 Å². The van der Waals surface area contributed by atoms with E-state index in [-0.39, 0.29) is 6.10 Å². The lowest BCUT2D eigenvalue weighted by Crippen LogP contribution is -2.08. The summed E-state index contributed by atoms with van der Waals surface area (Å²) >= 11 is 0. The molecule has 1 atom stereocenters. The SMILES string of the molecule is CC1Cc2cc3cc[nH]c3c(CCN)c2O1. The van der Waals surface area contributed by atoms with Crippen molar-refractivity contribution in [3.8, 4) is 5.75 Å². The van der Waals surface area contributed by atoms with Crippen molar-refractivity contribution in [2.45, 2.75) is 25.9 Å². The number of hydrogen-bond donors (Lipinski definition) is 2. The molecular formula is C13H16N2O. The van der Waals surface area contributed by atoms with Crippen LogP contribution in [0.15, 0.2) is 18.3 Å². The maximum absolute atomic E-state index is 5.89. The van der Waals surface area contributed by atoms with Crippen molar-refractivity contribution in [3.05, 3.63) is 29.5 Å². The molecule has 1 aromatic heterocycles. The van der Waals surface area contributed by atoms with E-state index in [0.717, 1.165) is 18.6 Å². The third-order valence-corrected chi connectivity index (χ3v) is 3.20. The monoisotopic (exact) mass is 216 g/mol. The van der Waals surface area contributed by atoms with E-state index in [9.17, 15) is 0 Å². The minimum absolute atomic E-state index is 0.290. The Labute approximate surface area is 94.6 Å². The van der Waals surface area contributed by atoms with Crippen molar-refractivity contribution in [2.24, 2.45) is 5.73 Å². The van der Waals surface area contributed by atoms with Crippen molar-refractivity contribution in [1.29, 1.82) is 0 Å². The second-order valence-electron chi connectivity index (χ2n) is 4.46. The molecule has 3 heteroatoms. The summed E-state index contributed by atoms with van der Waals surface area (Å²) in [4.78, 5) is 3.28. The molecule has 0 saturated carbocycles. The van der Waals surface area contributed by atoms with Gasteiger partial charge in [-0.15, -0.1) is 0 Å². The minimum Gasteiger partial charge on any atom is -0.490 e. The lowest BCUT2D eigenvalue weighted by atomic mass is 10.0. The van der Waals surface area contributed by atoms with E-state index in [1.807, 2.05) is 6.20 Å². The van der Waals surface area contributed by atoms with Gasteiger partial charge in [-0.25, -0.2) is 0 Å². The highest BCUT2D eigenvalue weighted by Crippen LogP contribution is 2.37. The van der Waals surface area contributed by atoms with Crippen LogP contribution in [0.5, 0.6) is 5.75 Å². The molecule has 2 heterocycles. The largest absolute Gasteiger partial charge is 0.490 e. The van der Waals surface area contributed by atoms with Crippen LogP contribution in [-0.2, 0) is 12.8 Å². The lowest BCUT2D eigenvalue weighted by molar-refractivity contribution is 0.253. The Kier molecular flexibility index (Phi) is 2.14. The molecule has 1 aliphatic heterocycles. The Bertz CT molecular complexity index is 530. The summed E-state index contributed by atoms with van der Waals surface area (Å²) in [6, 6.07) is 4.34. The minimum atomic E-state index is 0.290. The van der Waals surface area contributed by atoms with Crippen LogP contribution in [-0.4, -0.2) is 17.6 Å². The fraction of sp³-hybridized carbons (Fsp3) is 0.385. The van der Waals surface area contributed by atoms with Gasteiger partial charge in [-0.3, -0.25) is 0 Å². The molecule has 0 aliphatic carbocycles. The highest BCUT2D eigenvalue weighted by molar-refractivity contribution is 5.86. The molecule has 0 fully saturated rings. The van der Waals surface area contributed by atoms with Gasteiger partial charge in [0.05, 0.1) is 5.52 Å². The Morgan fingerprint density at radius 1 is 1.56 bits per heavy atom. The third-order valence-electron chi connectivity index (χ3n) is 3.20. The number of rotatable bonds is 2. The van der Waals surface area contributed by atoms with Crippen molar-refractivity contribution >= 4 is 10.9 Å². The second-order valence-corrected chi connectivity index (χ2v) is 4.46. The van der Waals surface area contributed by atoms with Gasteiger partial charge < -0.3 is 15.5 Å². The van der Waals surface area contributed by atoms with Crippen molar-refractivity contribution in [2.75, 3.05) is 6.54 Å². The number of fused-ring (bicyclic) bond motifs is 2. The summed E-state index contributed by atoms with van der Waals surface area (Å²) in [5, 5.41) is 1.26. The standard InChI is InChI=1S/C13H16N2O/c1-8-6-10-7-9-3-5-15-12(9)11(2-4-14)13(10)16-8/h3,5,7-8,15H,2,4,6,14H2,1H3. The van der Waals surface area contributed by atoms with E-state index >= 15 is 0 Å². The Morgan fingerprint density at radius 2 is 2.44 bits per heavy atom. The van der Waals surface area contributed by atoms with Crippen LogP contribution in [0.2, 0.25) is 0 Å². The van der Waals surface area contributed by atoms with Gasteiger partial charge in [0.1, 0.15) is 11.9 Å². The summed E-state index contributed by atoms with van der Waals surface area (Å²) in [7, 11) is 0. The van der Waals surface area contributed by atoms with Crippen molar-refractivity contribution in [3.63, 3.8) is 0 Å². The first-order valence-electron chi connectivity index (χ1n) is 5.78. The van der Waals surface area contributed by atoms with E-state index in [1.165, 1.54) is 22.0 Å². The molecule has 3 N–H and O–H groups in total. The summed E-state index contributed by atoms with van der Waals surface area (Å²) in [5.41, 5.74) is 9.42. The van der Waals surface area contributed by atoms with Crippen LogP contribution in [0.1, 0.15) is 18.1 Å². The average molecular weight is 216 g/mol. The van der Waals surface area contributed by atoms with E-state index in [1.54, 1.807) is 0 Å². The molecule has 0 amide bonds. The number of hydrogen-bond acceptors (Lipinski definition) is 2. The zero-order valence-corrected chi connectivity index (χ0v) is 9.42. The molecule has 0 saturated heterocycles. The topological polar surface area (TPSA) is 51.0 Å². The summed E-state index contributed by atoms with van der Waals surface area (Å²) in [6.45, 7) is 2.77. The number of nitrogens with one attached hydrogen (secondary N) is 1. The molecule has 0 bridgehead atoms. The van der Waals surface area contributed by atoms with Gasteiger partial charge in [0, 0.05) is 23.6 Å². The number of benzene rings is 1. The number of aromatic amines is 1. The van der Waals surface area contributed by atoms with Gasteiger partial charge in [-0.2, -0.15) is 0 Å². The molecule has 1 unspecified atom stereocenters. The van der Waals surface area contributed by atoms with Gasteiger partial charge >= 0.3 is 0 Å². The van der Waals surface area contributed by atoms with E-state index in [2.05, 4.69) is 24.0 Å². The predicted octanol–water partition coefficient (Wildman–Crippen LogP) is 1.99. The Hall–Kier alpha value is -1.48. The highest BCUT2D eigenvalue weighted by Gasteiger charge is 2.24. The normalized spacial score (nSPS) is 18.8. The molecule has 16 heavy (non-hydrogen) atoms. The smallest absolute Gasteiger partial charge is 0.128 e. The molecule has 1 aliphatic rings. The molecule has 3 nitrogen and oxygen atoms in total. The van der Waals surface area contributed by atoms with Gasteiger partial charge in [0.2, 0.25) is 0 Å². The van der Waals surface area contributed by atoms with Crippen LogP contribution in [0.4, 0.5) is 0 Å². The predicted molar refractivity (Wildman–Crippen MR) is 64.9 cm³/mol. The summed E-state index contributed by atoms with van der Waals surface area (Å²) < 4.78 is 5.89. The van der Waals surface area contributed by atoms with E-state index in [0.29, 0.717) is 6.54 Å². The molecule has 2 aromatic rings. The van der Waals surface area contributed by atoms with Gasteiger partial charge in [0.15, 0.2) is 0 Å². The van der Waals surface area contributed by atoms with Crippen LogP contribution < -0.4 is 10.5 Å². The second kappa shape index (κ2) is 3.52. The first-order valence-corrected chi connectivity index (χ1v) is 5.78. The molecule has 3 rings (SSSR count). The van der Waals surface area contributed by atoms with Gasteiger partial charge in [-0.1, -0.05) is 0 Å². The summed E-state index contributed by atoms with van der Waals surface area (Å²) in [6.07, 6.45) is 4.14. The van der Waals surface area contributed by atoms with Crippen LogP contribution in [0.3, 0.4) is 0 Å². The van der Waals surface area contributed by atoms with Gasteiger partial charge in [0.25, 0.3) is 0 Å². The Morgan fingerprint density at radius 3 is 3.25 bits per heavy atom. The fourth-order valence-corrected chi connectivity index (χ4v) is 2.56. The number of aromatic nitrogens is 1. The molecular weight excluding hydrogens is 200 g/mol. The van der Waals surface area contributed by atoms with Crippen LogP contribution in [0.25, 0.3) is 10.9 Å². The number of nitrogens with two attached hydrogens (primary N) is 1. The highest BCUT2D eigenvalue weighted by atomic mass is 16.5. The first-order chi connectivity index (χ1) is 7.79. The first kappa shape index (κ1) is 9.73. The molecule has 0 radical (unpaired) electrons. The van der Waals surface area contributed by atoms with Gasteiger partial charge in [-0.05, 0) is 37.6 Å². The molecule has 84 valence electrons. The van der Waals surface area contributed by atoms with E-state index in [4.69, 9.17) is 10.5 Å². The number of ether oxygens (including phenoxy) is 1. The van der Waals surface area contributed by atoms with Crippen molar-refractivity contribution < 1.29 is 4.74 Å². The Balaban J connectivity index is 2.25. The zero-order chi connectivity index (χ0) is 11.1. The van der Waals surface area contributed by atoms with Crippen molar-refractivity contribution in [1.82, 2.24) is 4.98 Å². The van der Waals surface area contributed by atoms with E-state index < -0.39 is 0 Å². The fourth-order valence-electron chi connectivity index (χ4n) is 2.56.